The SMILES string of the molecule is CC(C)(C)OC(=O)N1CCC[C@@]1(CF)C(=O)O. The molecule has 1 fully saturated rings. The molecule has 1 aliphatic rings. The number of carboxylic acid groups (broad SMARTS) is 1. The summed E-state index contributed by atoms with van der Waals surface area (Å²) in [6.07, 6.45) is -0.178. The average molecular weight is 247 g/mol. The lowest BCUT2D eigenvalue weighted by Gasteiger charge is -2.33. The summed E-state index contributed by atoms with van der Waals surface area (Å²) in [7, 11) is 0. The van der Waals surface area contributed by atoms with Crippen molar-refractivity contribution in [3.63, 3.8) is 0 Å². The van der Waals surface area contributed by atoms with Crippen LogP contribution in [-0.2, 0) is 9.53 Å². The Kier molecular flexibility index (Phi) is 3.64. The summed E-state index contributed by atoms with van der Waals surface area (Å²) in [4.78, 5) is 23.9. The van der Waals surface area contributed by atoms with Gasteiger partial charge < -0.3 is 9.84 Å². The number of carbonyl (C=O) groups excluding carboxylic acids is 1. The van der Waals surface area contributed by atoms with Crippen molar-refractivity contribution in [3.8, 4) is 0 Å². The summed E-state index contributed by atoms with van der Waals surface area (Å²) in [6.45, 7) is 4.16. The van der Waals surface area contributed by atoms with Gasteiger partial charge in [0, 0.05) is 6.54 Å². The van der Waals surface area contributed by atoms with Crippen molar-refractivity contribution in [1.29, 1.82) is 0 Å². The molecule has 0 aromatic carbocycles. The second-order valence-electron chi connectivity index (χ2n) is 5.21. The largest absolute Gasteiger partial charge is 0.479 e. The molecular weight excluding hydrogens is 229 g/mol. The summed E-state index contributed by atoms with van der Waals surface area (Å²) >= 11 is 0. The molecule has 0 aromatic heterocycles. The van der Waals surface area contributed by atoms with E-state index in [0.717, 1.165) is 4.90 Å². The van der Waals surface area contributed by atoms with Gasteiger partial charge in [-0.05, 0) is 33.6 Å². The van der Waals surface area contributed by atoms with Crippen molar-refractivity contribution in [2.24, 2.45) is 0 Å². The minimum Gasteiger partial charge on any atom is -0.479 e. The molecule has 0 spiro atoms. The van der Waals surface area contributed by atoms with Crippen LogP contribution in [0.2, 0.25) is 0 Å². The summed E-state index contributed by atoms with van der Waals surface area (Å²) in [6, 6.07) is 0. The summed E-state index contributed by atoms with van der Waals surface area (Å²) in [5.41, 5.74) is -2.47. The van der Waals surface area contributed by atoms with Gasteiger partial charge in [-0.2, -0.15) is 0 Å². The van der Waals surface area contributed by atoms with Gasteiger partial charge in [0.25, 0.3) is 0 Å². The van der Waals surface area contributed by atoms with Crippen LogP contribution in [0.3, 0.4) is 0 Å². The van der Waals surface area contributed by atoms with Crippen LogP contribution in [-0.4, -0.2) is 46.4 Å². The molecule has 6 heteroatoms. The van der Waals surface area contributed by atoms with Crippen molar-refractivity contribution in [2.45, 2.75) is 44.8 Å². The third-order valence-electron chi connectivity index (χ3n) is 2.72. The number of aliphatic carboxylic acids is 1. The van der Waals surface area contributed by atoms with Gasteiger partial charge in [0.1, 0.15) is 12.3 Å². The Morgan fingerprint density at radius 3 is 2.47 bits per heavy atom. The number of rotatable bonds is 2. The zero-order valence-corrected chi connectivity index (χ0v) is 10.3. The number of likely N-dealkylation sites (tertiary alicyclic amines) is 1. The predicted octanol–water partition coefficient (Wildman–Crippen LogP) is 1.81. The van der Waals surface area contributed by atoms with Crippen LogP contribution in [0.1, 0.15) is 33.6 Å². The number of halogens is 1. The van der Waals surface area contributed by atoms with E-state index in [1.54, 1.807) is 20.8 Å². The fraction of sp³-hybridized carbons (Fsp3) is 0.818. The first-order valence-corrected chi connectivity index (χ1v) is 5.53. The van der Waals surface area contributed by atoms with Crippen LogP contribution in [0.25, 0.3) is 0 Å². The highest BCUT2D eigenvalue weighted by Gasteiger charge is 2.51. The highest BCUT2D eigenvalue weighted by atomic mass is 19.1. The smallest absolute Gasteiger partial charge is 0.411 e. The fourth-order valence-corrected chi connectivity index (χ4v) is 1.88. The van der Waals surface area contributed by atoms with Gasteiger partial charge in [-0.3, -0.25) is 4.90 Å². The average Bonchev–Trinajstić information content (AvgIpc) is 2.59. The molecule has 1 heterocycles. The highest BCUT2D eigenvalue weighted by Crippen LogP contribution is 2.31. The molecule has 1 saturated heterocycles. The number of alkyl halides is 1. The van der Waals surface area contributed by atoms with E-state index in [4.69, 9.17) is 9.84 Å². The normalized spacial score (nSPS) is 24.8. The molecule has 0 aromatic rings. The third kappa shape index (κ3) is 2.68. The zero-order chi connectivity index (χ0) is 13.3. The lowest BCUT2D eigenvalue weighted by Crippen LogP contribution is -2.55. The molecule has 1 amide bonds. The second-order valence-corrected chi connectivity index (χ2v) is 5.21. The van der Waals surface area contributed by atoms with E-state index in [2.05, 4.69) is 0 Å². The minimum absolute atomic E-state index is 0.123. The maximum absolute atomic E-state index is 13.0. The lowest BCUT2D eigenvalue weighted by molar-refractivity contribution is -0.150. The summed E-state index contributed by atoms with van der Waals surface area (Å²) in [5, 5.41) is 9.09. The molecule has 5 nitrogen and oxygen atoms in total. The van der Waals surface area contributed by atoms with Crippen LogP contribution in [0.4, 0.5) is 9.18 Å². The summed E-state index contributed by atoms with van der Waals surface area (Å²) < 4.78 is 18.1. The second kappa shape index (κ2) is 4.50. The van der Waals surface area contributed by atoms with Crippen molar-refractivity contribution < 1.29 is 23.8 Å². The highest BCUT2D eigenvalue weighted by molar-refractivity contribution is 5.85. The van der Waals surface area contributed by atoms with Gasteiger partial charge in [-0.1, -0.05) is 0 Å². The number of hydrogen-bond donors (Lipinski definition) is 1. The Labute approximate surface area is 99.5 Å². The first-order chi connectivity index (χ1) is 7.73. The molecule has 1 N–H and O–H groups in total. The van der Waals surface area contributed by atoms with E-state index >= 15 is 0 Å². The van der Waals surface area contributed by atoms with Gasteiger partial charge >= 0.3 is 12.1 Å². The van der Waals surface area contributed by atoms with E-state index in [1.807, 2.05) is 0 Å². The van der Waals surface area contributed by atoms with Gasteiger partial charge in [-0.25, -0.2) is 14.0 Å². The van der Waals surface area contributed by atoms with Crippen LogP contribution in [0.15, 0.2) is 0 Å². The molecule has 0 saturated carbocycles. The summed E-state index contributed by atoms with van der Waals surface area (Å²) in [5.74, 6) is -1.32. The first-order valence-electron chi connectivity index (χ1n) is 5.53. The molecule has 1 aliphatic heterocycles. The number of nitrogens with zero attached hydrogens (tertiary/aromatic N) is 1. The van der Waals surface area contributed by atoms with E-state index in [-0.39, 0.29) is 13.0 Å². The molecular formula is C11H18FNO4. The monoisotopic (exact) mass is 247 g/mol. The number of carbonyl (C=O) groups is 2. The molecule has 1 rings (SSSR count). The van der Waals surface area contributed by atoms with E-state index in [9.17, 15) is 14.0 Å². The molecule has 98 valence electrons. The first kappa shape index (κ1) is 13.7. The van der Waals surface area contributed by atoms with Crippen LogP contribution in [0.5, 0.6) is 0 Å². The minimum atomic E-state index is -1.75. The van der Waals surface area contributed by atoms with Crippen molar-refractivity contribution in [3.05, 3.63) is 0 Å². The van der Waals surface area contributed by atoms with E-state index in [1.165, 1.54) is 0 Å². The van der Waals surface area contributed by atoms with Gasteiger partial charge in [0.15, 0.2) is 5.54 Å². The molecule has 1 atom stereocenters. The topological polar surface area (TPSA) is 66.8 Å². The molecule has 0 unspecified atom stereocenters. The Balaban J connectivity index is 2.89. The Bertz CT molecular complexity index is 326. The standard InChI is InChI=1S/C11H18FNO4/c1-10(2,3)17-9(16)13-6-4-5-11(13,7-12)8(14)15/h4-7H2,1-3H3,(H,14,15)/t11-/m1/s1. The molecule has 17 heavy (non-hydrogen) atoms. The van der Waals surface area contributed by atoms with Crippen LogP contribution in [0, 0.1) is 0 Å². The van der Waals surface area contributed by atoms with Crippen molar-refractivity contribution >= 4 is 12.1 Å². The van der Waals surface area contributed by atoms with Crippen LogP contribution < -0.4 is 0 Å². The van der Waals surface area contributed by atoms with E-state index in [0.29, 0.717) is 6.42 Å². The lowest BCUT2D eigenvalue weighted by atomic mass is 9.98. The maximum atomic E-state index is 13.0. The van der Waals surface area contributed by atoms with Crippen molar-refractivity contribution in [1.82, 2.24) is 4.90 Å². The van der Waals surface area contributed by atoms with Gasteiger partial charge in [-0.15, -0.1) is 0 Å². The zero-order valence-electron chi connectivity index (χ0n) is 10.3. The van der Waals surface area contributed by atoms with Gasteiger partial charge in [0.2, 0.25) is 0 Å². The van der Waals surface area contributed by atoms with Crippen LogP contribution >= 0.6 is 0 Å². The quantitative estimate of drug-likeness (QED) is 0.808. The molecule has 0 radical (unpaired) electrons. The maximum Gasteiger partial charge on any atom is 0.411 e. The number of amides is 1. The Morgan fingerprint density at radius 1 is 1.47 bits per heavy atom. The number of carboxylic acids is 1. The Morgan fingerprint density at radius 2 is 2.06 bits per heavy atom. The predicted molar refractivity (Wildman–Crippen MR) is 58.5 cm³/mol. The third-order valence-corrected chi connectivity index (χ3v) is 2.72. The Hall–Kier alpha value is -1.33. The number of ether oxygens (including phenoxy) is 1. The molecule has 0 bridgehead atoms. The van der Waals surface area contributed by atoms with Crippen molar-refractivity contribution in [2.75, 3.05) is 13.2 Å². The molecule has 0 aliphatic carbocycles. The number of hydrogen-bond acceptors (Lipinski definition) is 3. The van der Waals surface area contributed by atoms with E-state index < -0.39 is 29.9 Å². The van der Waals surface area contributed by atoms with Gasteiger partial charge in [0.05, 0.1) is 0 Å². The fourth-order valence-electron chi connectivity index (χ4n) is 1.88.